The molecule has 1 aromatic heterocycles. The fourth-order valence-corrected chi connectivity index (χ4v) is 2.81. The molecular formula is C14H22N2O3. The largest absolute Gasteiger partial charge is 0.481 e. The van der Waals surface area contributed by atoms with Crippen LogP contribution in [0.15, 0.2) is 0 Å². The quantitative estimate of drug-likeness (QED) is 0.908. The first-order valence-corrected chi connectivity index (χ1v) is 6.96. The van der Waals surface area contributed by atoms with E-state index in [1.54, 1.807) is 4.68 Å². The van der Waals surface area contributed by atoms with Crippen molar-refractivity contribution in [3.63, 3.8) is 0 Å². The molecule has 0 unspecified atom stereocenters. The summed E-state index contributed by atoms with van der Waals surface area (Å²) in [5.74, 6) is -0.476. The van der Waals surface area contributed by atoms with E-state index in [0.29, 0.717) is 11.6 Å². The van der Waals surface area contributed by atoms with Gasteiger partial charge in [-0.15, -0.1) is 0 Å². The third kappa shape index (κ3) is 2.60. The molecule has 1 aliphatic rings. The van der Waals surface area contributed by atoms with Crippen LogP contribution in [-0.4, -0.2) is 28.0 Å². The van der Waals surface area contributed by atoms with E-state index in [4.69, 9.17) is 4.74 Å². The Bertz CT molecular complexity index is 460. The van der Waals surface area contributed by atoms with Crippen molar-refractivity contribution in [1.29, 1.82) is 0 Å². The summed E-state index contributed by atoms with van der Waals surface area (Å²) >= 11 is 0. The van der Waals surface area contributed by atoms with Gasteiger partial charge in [-0.3, -0.25) is 0 Å². The smallest absolute Gasteiger partial charge is 0.343 e. The van der Waals surface area contributed by atoms with E-state index < -0.39 is 5.97 Å². The van der Waals surface area contributed by atoms with Gasteiger partial charge in [-0.2, -0.15) is 5.10 Å². The molecule has 1 aliphatic carbocycles. The summed E-state index contributed by atoms with van der Waals surface area (Å²) in [5.41, 5.74) is 0.845. The van der Waals surface area contributed by atoms with Crippen LogP contribution in [0.2, 0.25) is 0 Å². The molecule has 0 atom stereocenters. The first-order valence-electron chi connectivity index (χ1n) is 6.96. The number of carboxylic acid groups (broad SMARTS) is 1. The third-order valence-corrected chi connectivity index (χ3v) is 3.77. The second kappa shape index (κ2) is 5.63. The number of carbonyl (C=O) groups is 1. The van der Waals surface area contributed by atoms with Crippen molar-refractivity contribution in [2.45, 2.75) is 57.9 Å². The molecule has 0 bridgehead atoms. The van der Waals surface area contributed by atoms with Crippen LogP contribution in [0.5, 0.6) is 5.88 Å². The molecule has 5 nitrogen and oxygen atoms in total. The van der Waals surface area contributed by atoms with Gasteiger partial charge in [-0.25, -0.2) is 9.48 Å². The number of rotatable bonds is 4. The Hall–Kier alpha value is -1.52. The molecule has 5 heteroatoms. The highest BCUT2D eigenvalue weighted by Crippen LogP contribution is 2.35. The topological polar surface area (TPSA) is 64.3 Å². The maximum absolute atomic E-state index is 11.5. The van der Waals surface area contributed by atoms with Crippen molar-refractivity contribution in [3.05, 3.63) is 11.3 Å². The Morgan fingerprint density at radius 2 is 2.00 bits per heavy atom. The lowest BCUT2D eigenvalue weighted by Gasteiger charge is -2.23. The molecule has 0 aliphatic heterocycles. The minimum Gasteiger partial charge on any atom is -0.481 e. The number of carboxylic acids is 1. The van der Waals surface area contributed by atoms with Gasteiger partial charge in [0.1, 0.15) is 5.56 Å². The average Bonchev–Trinajstić information content (AvgIpc) is 2.79. The van der Waals surface area contributed by atoms with Crippen LogP contribution in [0.3, 0.4) is 0 Å². The minimum atomic E-state index is -0.956. The van der Waals surface area contributed by atoms with Gasteiger partial charge >= 0.3 is 5.97 Å². The number of hydrogen-bond donors (Lipinski definition) is 1. The zero-order valence-corrected chi connectivity index (χ0v) is 11.8. The SMILES string of the molecule is COc1c(C(=O)O)c(C(C)C)nn1C1CCCCC1. The molecule has 0 aromatic carbocycles. The highest BCUT2D eigenvalue weighted by Gasteiger charge is 2.29. The standard InChI is InChI=1S/C14H22N2O3/c1-9(2)12-11(14(17)18)13(19-3)16(15-12)10-7-5-4-6-8-10/h9-10H,4-8H2,1-3H3,(H,17,18). The van der Waals surface area contributed by atoms with Gasteiger partial charge in [-0.1, -0.05) is 33.1 Å². The Morgan fingerprint density at radius 3 is 2.47 bits per heavy atom. The van der Waals surface area contributed by atoms with Crippen molar-refractivity contribution in [1.82, 2.24) is 9.78 Å². The molecule has 1 fully saturated rings. The lowest BCUT2D eigenvalue weighted by atomic mass is 9.96. The minimum absolute atomic E-state index is 0.0739. The molecule has 1 N–H and O–H groups in total. The van der Waals surface area contributed by atoms with E-state index in [2.05, 4.69) is 5.10 Å². The van der Waals surface area contributed by atoms with Gasteiger partial charge in [0.05, 0.1) is 18.8 Å². The Kier molecular flexibility index (Phi) is 4.12. The highest BCUT2D eigenvalue weighted by atomic mass is 16.5. The number of aromatic carboxylic acids is 1. The first kappa shape index (κ1) is 13.9. The van der Waals surface area contributed by atoms with Gasteiger partial charge in [0.2, 0.25) is 5.88 Å². The maximum Gasteiger partial charge on any atom is 0.343 e. The van der Waals surface area contributed by atoms with Gasteiger partial charge in [-0.05, 0) is 18.8 Å². The number of methoxy groups -OCH3 is 1. The predicted octanol–water partition coefficient (Wildman–Crippen LogP) is 3.22. The van der Waals surface area contributed by atoms with E-state index in [1.807, 2.05) is 13.8 Å². The van der Waals surface area contributed by atoms with Crippen LogP contribution in [0.25, 0.3) is 0 Å². The predicted molar refractivity (Wildman–Crippen MR) is 71.9 cm³/mol. The highest BCUT2D eigenvalue weighted by molar-refractivity contribution is 5.92. The van der Waals surface area contributed by atoms with Crippen molar-refractivity contribution in [2.75, 3.05) is 7.11 Å². The molecule has 19 heavy (non-hydrogen) atoms. The van der Waals surface area contributed by atoms with Crippen LogP contribution in [0.1, 0.15) is 74.0 Å². The summed E-state index contributed by atoms with van der Waals surface area (Å²) in [6.45, 7) is 3.92. The lowest BCUT2D eigenvalue weighted by Crippen LogP contribution is -2.15. The van der Waals surface area contributed by atoms with Crippen LogP contribution in [0.4, 0.5) is 0 Å². The molecular weight excluding hydrogens is 244 g/mol. The fourth-order valence-electron chi connectivity index (χ4n) is 2.81. The summed E-state index contributed by atoms with van der Waals surface area (Å²) in [5, 5.41) is 13.9. The second-order valence-corrected chi connectivity index (χ2v) is 5.47. The molecule has 0 saturated heterocycles. The molecule has 2 rings (SSSR count). The van der Waals surface area contributed by atoms with Crippen LogP contribution in [0, 0.1) is 0 Å². The Labute approximate surface area is 113 Å². The summed E-state index contributed by atoms with van der Waals surface area (Å²) in [6, 6.07) is 0.272. The molecule has 106 valence electrons. The molecule has 0 amide bonds. The van der Waals surface area contributed by atoms with Crippen molar-refractivity contribution in [3.8, 4) is 5.88 Å². The molecule has 1 aromatic rings. The summed E-state index contributed by atoms with van der Waals surface area (Å²) in [6.07, 6.45) is 5.70. The molecule has 1 saturated carbocycles. The zero-order valence-electron chi connectivity index (χ0n) is 11.8. The van der Waals surface area contributed by atoms with Gasteiger partial charge < -0.3 is 9.84 Å². The number of ether oxygens (including phenoxy) is 1. The summed E-state index contributed by atoms with van der Waals surface area (Å²) in [4.78, 5) is 11.5. The monoisotopic (exact) mass is 266 g/mol. The van der Waals surface area contributed by atoms with E-state index in [-0.39, 0.29) is 17.5 Å². The van der Waals surface area contributed by atoms with Crippen molar-refractivity contribution < 1.29 is 14.6 Å². The van der Waals surface area contributed by atoms with Crippen LogP contribution in [-0.2, 0) is 0 Å². The number of nitrogens with zero attached hydrogens (tertiary/aromatic N) is 2. The van der Waals surface area contributed by atoms with Crippen LogP contribution >= 0.6 is 0 Å². The lowest BCUT2D eigenvalue weighted by molar-refractivity contribution is 0.0691. The molecule has 0 radical (unpaired) electrons. The summed E-state index contributed by atoms with van der Waals surface area (Å²) < 4.78 is 7.14. The fraction of sp³-hybridized carbons (Fsp3) is 0.714. The van der Waals surface area contributed by atoms with E-state index in [9.17, 15) is 9.90 Å². The van der Waals surface area contributed by atoms with Gasteiger partial charge in [0.25, 0.3) is 0 Å². The average molecular weight is 266 g/mol. The maximum atomic E-state index is 11.5. The summed E-state index contributed by atoms with van der Waals surface area (Å²) in [7, 11) is 1.52. The van der Waals surface area contributed by atoms with Crippen LogP contribution < -0.4 is 4.74 Å². The molecule has 1 heterocycles. The second-order valence-electron chi connectivity index (χ2n) is 5.47. The van der Waals surface area contributed by atoms with Crippen molar-refractivity contribution in [2.24, 2.45) is 0 Å². The zero-order chi connectivity index (χ0) is 14.0. The number of aromatic nitrogens is 2. The van der Waals surface area contributed by atoms with E-state index in [1.165, 1.54) is 26.4 Å². The Balaban J connectivity index is 2.48. The third-order valence-electron chi connectivity index (χ3n) is 3.77. The normalized spacial score (nSPS) is 16.8. The first-order chi connectivity index (χ1) is 9.06. The van der Waals surface area contributed by atoms with E-state index >= 15 is 0 Å². The van der Waals surface area contributed by atoms with Crippen molar-refractivity contribution >= 4 is 5.97 Å². The Morgan fingerprint density at radius 1 is 1.37 bits per heavy atom. The molecule has 0 spiro atoms. The van der Waals surface area contributed by atoms with Gasteiger partial charge in [0.15, 0.2) is 0 Å². The van der Waals surface area contributed by atoms with E-state index in [0.717, 1.165) is 12.8 Å². The number of hydrogen-bond acceptors (Lipinski definition) is 3. The van der Waals surface area contributed by atoms with Gasteiger partial charge in [0, 0.05) is 0 Å².